The van der Waals surface area contributed by atoms with Gasteiger partial charge in [-0.1, -0.05) is 42.5 Å². The van der Waals surface area contributed by atoms with Crippen LogP contribution < -0.4 is 10.1 Å². The normalized spacial score (nSPS) is 12.1. The van der Waals surface area contributed by atoms with Crippen LogP contribution in [0.25, 0.3) is 6.08 Å². The van der Waals surface area contributed by atoms with Crippen molar-refractivity contribution in [1.29, 1.82) is 0 Å². The molecule has 0 spiro atoms. The van der Waals surface area contributed by atoms with Crippen molar-refractivity contribution in [3.05, 3.63) is 71.6 Å². The molecule has 1 unspecified atom stereocenters. The lowest BCUT2D eigenvalue weighted by Gasteiger charge is -2.13. The summed E-state index contributed by atoms with van der Waals surface area (Å²) >= 11 is 0. The number of hydrogen-bond acceptors (Lipinski definition) is 3. The number of ether oxygens (including phenoxy) is 1. The van der Waals surface area contributed by atoms with Crippen molar-refractivity contribution in [1.82, 2.24) is 5.32 Å². The third kappa shape index (κ3) is 6.77. The minimum Gasteiger partial charge on any atom is -0.491 e. The number of aliphatic hydroxyl groups excluding tert-OH is 1. The lowest BCUT2D eigenvalue weighted by atomic mass is 10.2. The van der Waals surface area contributed by atoms with Crippen LogP contribution in [-0.4, -0.2) is 30.3 Å². The van der Waals surface area contributed by atoms with Gasteiger partial charge in [-0.2, -0.15) is 0 Å². The molecule has 0 radical (unpaired) electrons. The molecule has 0 aliphatic carbocycles. The van der Waals surface area contributed by atoms with E-state index in [1.165, 1.54) is 6.07 Å². The summed E-state index contributed by atoms with van der Waals surface area (Å²) < 4.78 is 18.9. The molecule has 132 valence electrons. The highest BCUT2D eigenvalue weighted by Gasteiger charge is 2.07. The molecule has 0 bridgehead atoms. The predicted octanol–water partition coefficient (Wildman–Crippen LogP) is 3.09. The Morgan fingerprint density at radius 1 is 1.28 bits per heavy atom. The average molecular weight is 343 g/mol. The summed E-state index contributed by atoms with van der Waals surface area (Å²) in [5.74, 6) is 0.100. The molecule has 5 heteroatoms. The molecule has 4 nitrogen and oxygen atoms in total. The van der Waals surface area contributed by atoms with Crippen molar-refractivity contribution in [3.63, 3.8) is 0 Å². The summed E-state index contributed by atoms with van der Waals surface area (Å²) in [6, 6.07) is 13.9. The van der Waals surface area contributed by atoms with E-state index in [2.05, 4.69) is 5.32 Å². The number of aryl methyl sites for hydroxylation is 1. The SMILES string of the molecule is Cc1cccc(OCC(O)CNC(=O)C/C=C/c2ccccc2F)c1. The highest BCUT2D eigenvalue weighted by atomic mass is 19.1. The minimum absolute atomic E-state index is 0.0921. The minimum atomic E-state index is -0.806. The zero-order chi connectivity index (χ0) is 18.1. The molecule has 0 aromatic heterocycles. The first-order valence-electron chi connectivity index (χ1n) is 8.10. The molecule has 2 rings (SSSR count). The highest BCUT2D eigenvalue weighted by molar-refractivity contribution is 5.78. The summed E-state index contributed by atoms with van der Waals surface area (Å²) in [7, 11) is 0. The second kappa shape index (κ2) is 9.59. The van der Waals surface area contributed by atoms with Crippen molar-refractivity contribution in [2.45, 2.75) is 19.4 Å². The smallest absolute Gasteiger partial charge is 0.223 e. The molecule has 1 amide bonds. The van der Waals surface area contributed by atoms with Crippen molar-refractivity contribution < 1.29 is 19.0 Å². The maximum Gasteiger partial charge on any atom is 0.223 e. The van der Waals surface area contributed by atoms with Gasteiger partial charge in [0, 0.05) is 18.5 Å². The van der Waals surface area contributed by atoms with E-state index >= 15 is 0 Å². The van der Waals surface area contributed by atoms with Crippen LogP contribution >= 0.6 is 0 Å². The van der Waals surface area contributed by atoms with E-state index < -0.39 is 6.10 Å². The molecule has 0 saturated carbocycles. The molecule has 2 N–H and O–H groups in total. The number of hydrogen-bond donors (Lipinski definition) is 2. The van der Waals surface area contributed by atoms with E-state index in [0.29, 0.717) is 11.3 Å². The monoisotopic (exact) mass is 343 g/mol. The van der Waals surface area contributed by atoms with E-state index in [-0.39, 0.29) is 31.3 Å². The van der Waals surface area contributed by atoms with Gasteiger partial charge in [-0.05, 0) is 30.7 Å². The Morgan fingerprint density at radius 2 is 2.08 bits per heavy atom. The molecule has 25 heavy (non-hydrogen) atoms. The molecule has 2 aromatic carbocycles. The fourth-order valence-corrected chi connectivity index (χ4v) is 2.16. The maximum absolute atomic E-state index is 13.4. The number of carbonyl (C=O) groups excluding carboxylic acids is 1. The molecule has 1 atom stereocenters. The van der Waals surface area contributed by atoms with Crippen LogP contribution in [0.2, 0.25) is 0 Å². The number of rotatable bonds is 8. The first-order chi connectivity index (χ1) is 12.0. The molecule has 0 heterocycles. The lowest BCUT2D eigenvalue weighted by molar-refractivity contribution is -0.120. The van der Waals surface area contributed by atoms with Gasteiger partial charge in [0.2, 0.25) is 5.91 Å². The number of nitrogens with one attached hydrogen (secondary N) is 1. The van der Waals surface area contributed by atoms with Crippen molar-refractivity contribution in [2.24, 2.45) is 0 Å². The van der Waals surface area contributed by atoms with Crippen LogP contribution in [-0.2, 0) is 4.79 Å². The largest absolute Gasteiger partial charge is 0.491 e. The lowest BCUT2D eigenvalue weighted by Crippen LogP contribution is -2.34. The Hall–Kier alpha value is -2.66. The second-order valence-corrected chi connectivity index (χ2v) is 5.71. The zero-order valence-electron chi connectivity index (χ0n) is 14.1. The van der Waals surface area contributed by atoms with Gasteiger partial charge in [-0.3, -0.25) is 4.79 Å². The number of carbonyl (C=O) groups is 1. The first kappa shape index (κ1) is 18.7. The number of amides is 1. The Morgan fingerprint density at radius 3 is 2.84 bits per heavy atom. The zero-order valence-corrected chi connectivity index (χ0v) is 14.1. The summed E-state index contributed by atoms with van der Waals surface area (Å²) in [6.07, 6.45) is 2.45. The second-order valence-electron chi connectivity index (χ2n) is 5.71. The number of aliphatic hydroxyl groups is 1. The fourth-order valence-electron chi connectivity index (χ4n) is 2.16. The van der Waals surface area contributed by atoms with E-state index in [1.807, 2.05) is 31.2 Å². The quantitative estimate of drug-likeness (QED) is 0.774. The van der Waals surface area contributed by atoms with Crippen LogP contribution in [0, 0.1) is 12.7 Å². The van der Waals surface area contributed by atoms with E-state index in [9.17, 15) is 14.3 Å². The van der Waals surface area contributed by atoms with Gasteiger partial charge in [-0.15, -0.1) is 0 Å². The molecule has 2 aromatic rings. The topological polar surface area (TPSA) is 58.6 Å². The van der Waals surface area contributed by atoms with Crippen LogP contribution in [0.5, 0.6) is 5.75 Å². The Bertz CT molecular complexity index is 730. The Labute approximate surface area is 147 Å². The van der Waals surface area contributed by atoms with Gasteiger partial charge in [0.25, 0.3) is 0 Å². The van der Waals surface area contributed by atoms with Crippen molar-refractivity contribution >= 4 is 12.0 Å². The molecule has 0 fully saturated rings. The highest BCUT2D eigenvalue weighted by Crippen LogP contribution is 2.12. The Balaban J connectivity index is 1.68. The first-order valence-corrected chi connectivity index (χ1v) is 8.10. The summed E-state index contributed by atoms with van der Waals surface area (Å²) in [6.45, 7) is 2.14. The standard InChI is InChI=1S/C20H22FNO3/c1-15-6-4-9-18(12-15)25-14-17(23)13-22-20(24)11-5-8-16-7-2-3-10-19(16)21/h2-10,12,17,23H,11,13-14H2,1H3,(H,22,24)/b8-5+. The van der Waals surface area contributed by atoms with Gasteiger partial charge >= 0.3 is 0 Å². The third-order valence-corrected chi connectivity index (χ3v) is 3.47. The summed E-state index contributed by atoms with van der Waals surface area (Å²) in [5, 5.41) is 12.5. The van der Waals surface area contributed by atoms with E-state index in [1.54, 1.807) is 30.4 Å². The van der Waals surface area contributed by atoms with Crippen LogP contribution in [0.3, 0.4) is 0 Å². The van der Waals surface area contributed by atoms with Crippen LogP contribution in [0.15, 0.2) is 54.6 Å². The average Bonchev–Trinajstić information content (AvgIpc) is 2.60. The maximum atomic E-state index is 13.4. The third-order valence-electron chi connectivity index (χ3n) is 3.47. The summed E-state index contributed by atoms with van der Waals surface area (Å²) in [5.41, 5.74) is 1.50. The molecular formula is C20H22FNO3. The van der Waals surface area contributed by atoms with E-state index in [4.69, 9.17) is 4.74 Å². The van der Waals surface area contributed by atoms with Crippen molar-refractivity contribution in [3.8, 4) is 5.75 Å². The van der Waals surface area contributed by atoms with Gasteiger partial charge in [0.15, 0.2) is 0 Å². The number of halogens is 1. The molecular weight excluding hydrogens is 321 g/mol. The van der Waals surface area contributed by atoms with Gasteiger partial charge in [0.05, 0.1) is 0 Å². The van der Waals surface area contributed by atoms with Gasteiger partial charge in [-0.25, -0.2) is 4.39 Å². The molecule has 0 aliphatic rings. The number of benzene rings is 2. The summed E-state index contributed by atoms with van der Waals surface area (Å²) in [4.78, 5) is 11.7. The van der Waals surface area contributed by atoms with Crippen LogP contribution in [0.4, 0.5) is 4.39 Å². The van der Waals surface area contributed by atoms with Gasteiger partial charge < -0.3 is 15.2 Å². The molecule has 0 saturated heterocycles. The predicted molar refractivity (Wildman–Crippen MR) is 95.7 cm³/mol. The van der Waals surface area contributed by atoms with Crippen LogP contribution in [0.1, 0.15) is 17.5 Å². The van der Waals surface area contributed by atoms with Gasteiger partial charge in [0.1, 0.15) is 24.3 Å². The molecule has 0 aliphatic heterocycles. The Kier molecular flexibility index (Phi) is 7.16. The fraction of sp³-hybridized carbons (Fsp3) is 0.250. The van der Waals surface area contributed by atoms with E-state index in [0.717, 1.165) is 5.56 Å². The van der Waals surface area contributed by atoms with Crippen molar-refractivity contribution in [2.75, 3.05) is 13.2 Å².